The first-order chi connectivity index (χ1) is 14.5. The second kappa shape index (κ2) is 8.71. The number of para-hydroxylation sites is 1. The maximum absolute atomic E-state index is 13.2. The average Bonchev–Trinajstić information content (AvgIpc) is 2.85. The van der Waals surface area contributed by atoms with Gasteiger partial charge in [-0.3, -0.25) is 9.59 Å². The zero-order valence-electron chi connectivity index (χ0n) is 17.0. The largest absolute Gasteiger partial charge is 0.326 e. The molecule has 0 unspecified atom stereocenters. The zero-order chi connectivity index (χ0) is 21.1. The van der Waals surface area contributed by atoms with Gasteiger partial charge in [0.2, 0.25) is 5.91 Å². The van der Waals surface area contributed by atoms with E-state index < -0.39 is 0 Å². The molecular weight excluding hydrogens is 394 g/mol. The molecule has 1 aromatic heterocycles. The molecule has 0 radical (unpaired) electrons. The van der Waals surface area contributed by atoms with Crippen LogP contribution < -0.4 is 10.2 Å². The van der Waals surface area contributed by atoms with Crippen molar-refractivity contribution < 1.29 is 9.59 Å². The number of hydrogen-bond donors (Lipinski definition) is 1. The Morgan fingerprint density at radius 1 is 1.10 bits per heavy atom. The lowest BCUT2D eigenvalue weighted by Crippen LogP contribution is -2.32. The fraction of sp³-hybridized carbons (Fsp3) is 0.208. The van der Waals surface area contributed by atoms with Crippen LogP contribution >= 0.6 is 11.8 Å². The smallest absolute Gasteiger partial charge is 0.261 e. The number of hydrogen-bond acceptors (Lipinski definition) is 4. The third-order valence-corrected chi connectivity index (χ3v) is 6.15. The van der Waals surface area contributed by atoms with Crippen LogP contribution in [0.15, 0.2) is 70.7 Å². The monoisotopic (exact) mass is 417 g/mol. The number of rotatable bonds is 5. The molecule has 3 aromatic rings. The number of benzene rings is 2. The van der Waals surface area contributed by atoms with Gasteiger partial charge in [0.1, 0.15) is 5.03 Å². The topological polar surface area (TPSA) is 62.3 Å². The van der Waals surface area contributed by atoms with Crippen LogP contribution in [-0.2, 0) is 4.79 Å². The van der Waals surface area contributed by atoms with Gasteiger partial charge in [0, 0.05) is 29.7 Å². The Hall–Kier alpha value is -3.12. The van der Waals surface area contributed by atoms with Crippen molar-refractivity contribution in [1.29, 1.82) is 0 Å². The summed E-state index contributed by atoms with van der Waals surface area (Å²) in [7, 11) is 0. The van der Waals surface area contributed by atoms with E-state index in [9.17, 15) is 9.59 Å². The van der Waals surface area contributed by atoms with Gasteiger partial charge in [-0.25, -0.2) is 4.98 Å². The van der Waals surface area contributed by atoms with Gasteiger partial charge in [0.25, 0.3) is 5.91 Å². The summed E-state index contributed by atoms with van der Waals surface area (Å²) in [4.78, 5) is 32.8. The third-order valence-electron chi connectivity index (χ3n) is 5.06. The predicted octanol–water partition coefficient (Wildman–Crippen LogP) is 5.23. The molecule has 5 nitrogen and oxygen atoms in total. The van der Waals surface area contributed by atoms with Crippen molar-refractivity contribution in [2.45, 2.75) is 36.6 Å². The van der Waals surface area contributed by atoms with Crippen molar-refractivity contribution in [2.75, 3.05) is 16.8 Å². The van der Waals surface area contributed by atoms with Crippen LogP contribution in [0, 0.1) is 13.8 Å². The molecule has 0 aliphatic carbocycles. The van der Waals surface area contributed by atoms with Crippen LogP contribution in [0.5, 0.6) is 0 Å². The molecule has 2 aromatic carbocycles. The molecule has 0 spiro atoms. The summed E-state index contributed by atoms with van der Waals surface area (Å²) in [5, 5.41) is 3.70. The van der Waals surface area contributed by atoms with Gasteiger partial charge in [-0.05, 0) is 61.7 Å². The number of amides is 2. The highest BCUT2D eigenvalue weighted by Crippen LogP contribution is 2.40. The number of carbonyl (C=O) groups is 2. The predicted molar refractivity (Wildman–Crippen MR) is 120 cm³/mol. The van der Waals surface area contributed by atoms with Crippen LogP contribution in [0.1, 0.15) is 34.3 Å². The summed E-state index contributed by atoms with van der Waals surface area (Å²) in [6, 6.07) is 17.4. The van der Waals surface area contributed by atoms with E-state index in [4.69, 9.17) is 0 Å². The normalized spacial score (nSPS) is 12.7. The van der Waals surface area contributed by atoms with E-state index in [1.165, 1.54) is 11.8 Å². The first-order valence-corrected chi connectivity index (χ1v) is 10.8. The number of aromatic nitrogens is 1. The Kier molecular flexibility index (Phi) is 5.86. The molecule has 1 aliphatic heterocycles. The van der Waals surface area contributed by atoms with Crippen LogP contribution in [0.4, 0.5) is 11.4 Å². The van der Waals surface area contributed by atoms with Crippen LogP contribution in [-0.4, -0.2) is 23.3 Å². The van der Waals surface area contributed by atoms with Gasteiger partial charge in [-0.1, -0.05) is 36.0 Å². The number of pyridine rings is 1. The summed E-state index contributed by atoms with van der Waals surface area (Å²) < 4.78 is 0. The molecule has 0 bridgehead atoms. The fourth-order valence-corrected chi connectivity index (χ4v) is 4.48. The van der Waals surface area contributed by atoms with E-state index in [1.807, 2.05) is 62.4 Å². The number of fused-ring (bicyclic) bond motifs is 2. The number of aryl methyl sites for hydroxylation is 2. The number of nitrogens with zero attached hydrogens (tertiary/aromatic N) is 2. The van der Waals surface area contributed by atoms with Gasteiger partial charge < -0.3 is 10.2 Å². The second-order valence-corrected chi connectivity index (χ2v) is 8.38. The van der Waals surface area contributed by atoms with Crippen LogP contribution in [0.3, 0.4) is 0 Å². The van der Waals surface area contributed by atoms with Gasteiger partial charge in [0.05, 0.1) is 11.3 Å². The van der Waals surface area contributed by atoms with Gasteiger partial charge in [0.15, 0.2) is 0 Å². The molecule has 1 aliphatic rings. The molecule has 30 heavy (non-hydrogen) atoms. The summed E-state index contributed by atoms with van der Waals surface area (Å²) >= 11 is 1.50. The van der Waals surface area contributed by atoms with E-state index in [-0.39, 0.29) is 11.8 Å². The summed E-state index contributed by atoms with van der Waals surface area (Å²) in [5.74, 6) is -0.124. The van der Waals surface area contributed by atoms with E-state index in [0.717, 1.165) is 27.4 Å². The molecule has 2 amide bonds. The van der Waals surface area contributed by atoms with Crippen molar-refractivity contribution in [1.82, 2.24) is 4.98 Å². The molecule has 0 saturated heterocycles. The Bertz CT molecular complexity index is 1110. The van der Waals surface area contributed by atoms with E-state index >= 15 is 0 Å². The summed E-state index contributed by atoms with van der Waals surface area (Å²) in [6.07, 6.45) is 2.61. The number of nitrogens with one attached hydrogen (secondary N) is 1. The molecule has 1 N–H and O–H groups in total. The highest BCUT2D eigenvalue weighted by molar-refractivity contribution is 7.99. The van der Waals surface area contributed by atoms with Gasteiger partial charge in [-0.2, -0.15) is 0 Å². The van der Waals surface area contributed by atoms with Gasteiger partial charge >= 0.3 is 0 Å². The standard InChI is InChI=1S/C24H23N3O2S/c1-16-11-12-17(2)19(15-16)26-22(28)10-6-14-27-20-8-3-4-9-21(20)30-23-18(24(27)29)7-5-13-25-23/h3-5,7-9,11-13,15H,6,10,14H2,1-2H3,(H,26,28). The fourth-order valence-electron chi connectivity index (χ4n) is 3.46. The van der Waals surface area contributed by atoms with Crippen molar-refractivity contribution in [3.8, 4) is 0 Å². The Morgan fingerprint density at radius 2 is 1.93 bits per heavy atom. The molecule has 0 atom stereocenters. The summed E-state index contributed by atoms with van der Waals surface area (Å²) in [6.45, 7) is 4.44. The first-order valence-electron chi connectivity index (χ1n) is 9.94. The van der Waals surface area contributed by atoms with Crippen molar-refractivity contribution >= 4 is 35.0 Å². The lowest BCUT2D eigenvalue weighted by Gasteiger charge is -2.22. The minimum absolute atomic E-state index is 0.0457. The van der Waals surface area contributed by atoms with Crippen molar-refractivity contribution in [3.63, 3.8) is 0 Å². The van der Waals surface area contributed by atoms with E-state index in [2.05, 4.69) is 10.3 Å². The zero-order valence-corrected chi connectivity index (χ0v) is 17.8. The third kappa shape index (κ3) is 4.24. The number of carbonyl (C=O) groups excluding carboxylic acids is 2. The minimum atomic E-state index is -0.0783. The lowest BCUT2D eigenvalue weighted by molar-refractivity contribution is -0.116. The molecule has 0 fully saturated rings. The highest BCUT2D eigenvalue weighted by Gasteiger charge is 2.27. The molecular formula is C24H23N3O2S. The lowest BCUT2D eigenvalue weighted by atomic mass is 10.1. The highest BCUT2D eigenvalue weighted by atomic mass is 32.2. The average molecular weight is 418 g/mol. The Labute approximate surface area is 180 Å². The maximum Gasteiger partial charge on any atom is 0.261 e. The minimum Gasteiger partial charge on any atom is -0.326 e. The molecule has 0 saturated carbocycles. The Morgan fingerprint density at radius 3 is 2.80 bits per heavy atom. The molecule has 2 heterocycles. The van der Waals surface area contributed by atoms with E-state index in [1.54, 1.807) is 17.2 Å². The summed E-state index contributed by atoms with van der Waals surface area (Å²) in [5.41, 5.74) is 4.44. The number of anilines is 2. The van der Waals surface area contributed by atoms with Crippen LogP contribution in [0.2, 0.25) is 0 Å². The Balaban J connectivity index is 1.48. The van der Waals surface area contributed by atoms with Crippen LogP contribution in [0.25, 0.3) is 0 Å². The molecule has 6 heteroatoms. The van der Waals surface area contributed by atoms with Crippen molar-refractivity contribution in [2.24, 2.45) is 0 Å². The molecule has 4 rings (SSSR count). The van der Waals surface area contributed by atoms with Crippen molar-refractivity contribution in [3.05, 3.63) is 77.5 Å². The van der Waals surface area contributed by atoms with Gasteiger partial charge in [-0.15, -0.1) is 0 Å². The SMILES string of the molecule is Cc1ccc(C)c(NC(=O)CCCN2C(=O)c3cccnc3Sc3ccccc32)c1. The second-order valence-electron chi connectivity index (χ2n) is 7.35. The quantitative estimate of drug-likeness (QED) is 0.618. The van der Waals surface area contributed by atoms with E-state index in [0.29, 0.717) is 30.0 Å². The molecule has 152 valence electrons. The first kappa shape index (κ1) is 20.2. The maximum atomic E-state index is 13.2.